The summed E-state index contributed by atoms with van der Waals surface area (Å²) in [5.41, 5.74) is 2.14. The Morgan fingerprint density at radius 1 is 1.33 bits per heavy atom. The van der Waals surface area contributed by atoms with E-state index in [1.807, 2.05) is 13.0 Å². The van der Waals surface area contributed by atoms with Crippen LogP contribution in [0.25, 0.3) is 0 Å². The summed E-state index contributed by atoms with van der Waals surface area (Å²) >= 11 is 0. The summed E-state index contributed by atoms with van der Waals surface area (Å²) in [6, 6.07) is 5.27. The van der Waals surface area contributed by atoms with Crippen LogP contribution < -0.4 is 10.0 Å². The minimum Gasteiger partial charge on any atom is -0.384 e. The van der Waals surface area contributed by atoms with E-state index in [4.69, 9.17) is 0 Å². The highest BCUT2D eigenvalue weighted by Gasteiger charge is 2.22. The fraction of sp³-hybridized carbons (Fsp3) is 0.600. The van der Waals surface area contributed by atoms with Gasteiger partial charge < -0.3 is 10.2 Å². The Balaban J connectivity index is 1.68. The summed E-state index contributed by atoms with van der Waals surface area (Å²) in [5, 5.41) is 3.25. The van der Waals surface area contributed by atoms with Crippen LogP contribution in [0.5, 0.6) is 0 Å². The topological polar surface area (TPSA) is 61.4 Å². The Bertz CT molecular complexity index is 609. The van der Waals surface area contributed by atoms with Crippen molar-refractivity contribution in [1.82, 2.24) is 9.62 Å². The van der Waals surface area contributed by atoms with Gasteiger partial charge in [0.25, 0.3) is 0 Å². The Labute approximate surface area is 126 Å². The first-order valence-corrected chi connectivity index (χ1v) is 9.14. The van der Waals surface area contributed by atoms with E-state index in [-0.39, 0.29) is 6.04 Å². The van der Waals surface area contributed by atoms with Crippen LogP contribution in [0.1, 0.15) is 25.3 Å². The Hall–Kier alpha value is -1.11. The molecular formula is C15H23N3O2S. The molecule has 2 N–H and O–H groups in total. The smallest absolute Gasteiger partial charge is 0.240 e. The maximum atomic E-state index is 12.5. The molecule has 1 aromatic rings. The van der Waals surface area contributed by atoms with E-state index in [0.717, 1.165) is 43.9 Å². The number of nitrogens with one attached hydrogen (secondary N) is 2. The Morgan fingerprint density at radius 2 is 2.10 bits per heavy atom. The van der Waals surface area contributed by atoms with Crippen LogP contribution in [-0.4, -0.2) is 45.5 Å². The molecule has 5 nitrogen and oxygen atoms in total. The maximum Gasteiger partial charge on any atom is 0.240 e. The van der Waals surface area contributed by atoms with Crippen molar-refractivity contribution >= 4 is 15.7 Å². The molecule has 1 fully saturated rings. The molecule has 1 unspecified atom stereocenters. The van der Waals surface area contributed by atoms with E-state index in [0.29, 0.717) is 4.90 Å². The minimum atomic E-state index is -3.43. The summed E-state index contributed by atoms with van der Waals surface area (Å²) < 4.78 is 27.7. The first-order valence-electron chi connectivity index (χ1n) is 7.66. The van der Waals surface area contributed by atoms with Crippen LogP contribution >= 0.6 is 0 Å². The molecule has 0 aromatic heterocycles. The van der Waals surface area contributed by atoms with E-state index in [9.17, 15) is 8.42 Å². The zero-order chi connectivity index (χ0) is 14.9. The average molecular weight is 309 g/mol. The number of hydrogen-bond donors (Lipinski definition) is 2. The van der Waals surface area contributed by atoms with Crippen molar-refractivity contribution in [2.24, 2.45) is 0 Å². The molecule has 1 atom stereocenters. The molecule has 2 aliphatic rings. The van der Waals surface area contributed by atoms with Gasteiger partial charge in [0, 0.05) is 24.8 Å². The van der Waals surface area contributed by atoms with Crippen LogP contribution in [0.15, 0.2) is 23.1 Å². The number of rotatable bonds is 5. The number of fused-ring (bicyclic) bond motifs is 1. The summed E-state index contributed by atoms with van der Waals surface area (Å²) in [4.78, 5) is 2.69. The predicted octanol–water partition coefficient (Wildman–Crippen LogP) is 1.42. The third-order valence-electron chi connectivity index (χ3n) is 4.18. The lowest BCUT2D eigenvalue weighted by Crippen LogP contribution is -2.41. The van der Waals surface area contributed by atoms with Crippen molar-refractivity contribution in [3.8, 4) is 0 Å². The van der Waals surface area contributed by atoms with Crippen molar-refractivity contribution in [2.45, 2.75) is 37.1 Å². The zero-order valence-electron chi connectivity index (χ0n) is 12.4. The van der Waals surface area contributed by atoms with Crippen molar-refractivity contribution in [3.63, 3.8) is 0 Å². The molecule has 21 heavy (non-hydrogen) atoms. The van der Waals surface area contributed by atoms with Gasteiger partial charge in [-0.2, -0.15) is 0 Å². The normalized spacial score (nSPS) is 20.2. The van der Waals surface area contributed by atoms with Gasteiger partial charge in [-0.3, -0.25) is 0 Å². The highest BCUT2D eigenvalue weighted by molar-refractivity contribution is 7.89. The zero-order valence-corrected chi connectivity index (χ0v) is 13.2. The Kier molecular flexibility index (Phi) is 4.19. The van der Waals surface area contributed by atoms with Gasteiger partial charge in [-0.1, -0.05) is 0 Å². The predicted molar refractivity (Wildman–Crippen MR) is 84.1 cm³/mol. The molecule has 1 saturated heterocycles. The van der Waals surface area contributed by atoms with Gasteiger partial charge in [-0.15, -0.1) is 0 Å². The van der Waals surface area contributed by atoms with Crippen molar-refractivity contribution in [3.05, 3.63) is 23.8 Å². The second kappa shape index (κ2) is 5.94. The van der Waals surface area contributed by atoms with Gasteiger partial charge >= 0.3 is 0 Å². The quantitative estimate of drug-likeness (QED) is 0.863. The molecule has 0 saturated carbocycles. The lowest BCUT2D eigenvalue weighted by Gasteiger charge is -2.21. The maximum absolute atomic E-state index is 12.5. The SMILES string of the molecule is CC(CN1CCCC1)NS(=O)(=O)c1ccc2c(c1)CCN2. The number of sulfonamides is 1. The molecule has 0 radical (unpaired) electrons. The molecule has 6 heteroatoms. The molecule has 1 aromatic carbocycles. The number of nitrogens with zero attached hydrogens (tertiary/aromatic N) is 1. The summed E-state index contributed by atoms with van der Waals surface area (Å²) in [5.74, 6) is 0. The van der Waals surface area contributed by atoms with E-state index in [1.165, 1.54) is 12.8 Å². The highest BCUT2D eigenvalue weighted by atomic mass is 32.2. The third-order valence-corrected chi connectivity index (χ3v) is 5.77. The Morgan fingerprint density at radius 3 is 2.86 bits per heavy atom. The number of hydrogen-bond acceptors (Lipinski definition) is 4. The van der Waals surface area contributed by atoms with Gasteiger partial charge in [0.15, 0.2) is 0 Å². The number of anilines is 1. The third kappa shape index (κ3) is 3.39. The van der Waals surface area contributed by atoms with Gasteiger partial charge in [0.2, 0.25) is 10.0 Å². The summed E-state index contributed by atoms with van der Waals surface area (Å²) in [6.45, 7) is 5.77. The molecule has 116 valence electrons. The molecule has 0 aliphatic carbocycles. The van der Waals surface area contributed by atoms with E-state index in [2.05, 4.69) is 14.9 Å². The molecular weight excluding hydrogens is 286 g/mol. The van der Waals surface area contributed by atoms with E-state index >= 15 is 0 Å². The van der Waals surface area contributed by atoms with Gasteiger partial charge in [0.1, 0.15) is 0 Å². The molecule has 2 heterocycles. The largest absolute Gasteiger partial charge is 0.384 e. The second-order valence-electron chi connectivity index (χ2n) is 6.03. The summed E-state index contributed by atoms with van der Waals surface area (Å²) in [7, 11) is -3.43. The molecule has 0 bridgehead atoms. The highest BCUT2D eigenvalue weighted by Crippen LogP contribution is 2.25. The van der Waals surface area contributed by atoms with Crippen LogP contribution in [-0.2, 0) is 16.4 Å². The molecule has 0 amide bonds. The minimum absolute atomic E-state index is 0.0699. The summed E-state index contributed by atoms with van der Waals surface area (Å²) in [6.07, 6.45) is 3.33. The van der Waals surface area contributed by atoms with Crippen LogP contribution in [0.2, 0.25) is 0 Å². The van der Waals surface area contributed by atoms with Crippen molar-refractivity contribution in [2.75, 3.05) is 31.5 Å². The van der Waals surface area contributed by atoms with E-state index < -0.39 is 10.0 Å². The van der Waals surface area contributed by atoms with Crippen molar-refractivity contribution in [1.29, 1.82) is 0 Å². The van der Waals surface area contributed by atoms with E-state index in [1.54, 1.807) is 12.1 Å². The second-order valence-corrected chi connectivity index (χ2v) is 7.74. The average Bonchev–Trinajstić information content (AvgIpc) is 3.07. The number of benzene rings is 1. The number of likely N-dealkylation sites (tertiary alicyclic amines) is 1. The fourth-order valence-electron chi connectivity index (χ4n) is 3.17. The standard InChI is InChI=1S/C15H23N3O2S/c1-12(11-18-8-2-3-9-18)17-21(19,20)14-4-5-15-13(10-14)6-7-16-15/h4-5,10,12,16-17H,2-3,6-9,11H2,1H3. The van der Waals surface area contributed by atoms with Gasteiger partial charge in [0.05, 0.1) is 4.90 Å². The fourth-order valence-corrected chi connectivity index (χ4v) is 4.46. The molecule has 2 aliphatic heterocycles. The lowest BCUT2D eigenvalue weighted by molar-refractivity contribution is 0.313. The van der Waals surface area contributed by atoms with Crippen molar-refractivity contribution < 1.29 is 8.42 Å². The first kappa shape index (κ1) is 14.8. The van der Waals surface area contributed by atoms with Gasteiger partial charge in [-0.05, 0) is 63.0 Å². The first-order chi connectivity index (χ1) is 10.0. The monoisotopic (exact) mass is 309 g/mol. The van der Waals surface area contributed by atoms with Crippen LogP contribution in [0.3, 0.4) is 0 Å². The van der Waals surface area contributed by atoms with Crippen LogP contribution in [0.4, 0.5) is 5.69 Å². The molecule has 3 rings (SSSR count). The lowest BCUT2D eigenvalue weighted by atomic mass is 10.2. The molecule has 0 spiro atoms. The van der Waals surface area contributed by atoms with Crippen LogP contribution in [0, 0.1) is 0 Å². The van der Waals surface area contributed by atoms with Gasteiger partial charge in [-0.25, -0.2) is 13.1 Å².